The molecule has 1 N–H and O–H groups in total. The van der Waals surface area contributed by atoms with E-state index in [9.17, 15) is 9.59 Å². The Kier molecular flexibility index (Phi) is 5.71. The van der Waals surface area contributed by atoms with E-state index >= 15 is 0 Å². The van der Waals surface area contributed by atoms with E-state index in [1.165, 1.54) is 0 Å². The molecule has 1 saturated heterocycles. The molecule has 1 fully saturated rings. The van der Waals surface area contributed by atoms with Crippen LogP contribution < -0.4 is 10.2 Å². The van der Waals surface area contributed by atoms with Crippen molar-refractivity contribution in [3.8, 4) is 0 Å². The van der Waals surface area contributed by atoms with Gasteiger partial charge in [-0.3, -0.25) is 14.6 Å². The Labute approximate surface area is 174 Å². The van der Waals surface area contributed by atoms with E-state index in [1.54, 1.807) is 22.4 Å². The molecule has 4 rings (SSSR count). The van der Waals surface area contributed by atoms with Gasteiger partial charge in [-0.15, -0.1) is 11.3 Å². The number of amides is 2. The molecule has 0 radical (unpaired) electrons. The highest BCUT2D eigenvalue weighted by Gasteiger charge is 2.45. The maximum absolute atomic E-state index is 13.0. The standard InChI is InChI=1S/C23H23N3O2S/c1-16-7-9-18(10-8-16)26-21(27)15-19(22(26)20-6-4-14-29-20)23(28)25-13-11-17-5-2-3-12-24-17/h2-10,12,14,19,22H,11,13,15H2,1H3,(H,25,28)/t19-,22+/m1/s1. The van der Waals surface area contributed by atoms with Crippen LogP contribution in [-0.4, -0.2) is 23.3 Å². The molecule has 5 nitrogen and oxygen atoms in total. The smallest absolute Gasteiger partial charge is 0.228 e. The second-order valence-corrected chi connectivity index (χ2v) is 8.21. The van der Waals surface area contributed by atoms with Gasteiger partial charge < -0.3 is 10.2 Å². The molecule has 3 aromatic rings. The van der Waals surface area contributed by atoms with Gasteiger partial charge in [0, 0.05) is 41.8 Å². The molecule has 0 spiro atoms. The summed E-state index contributed by atoms with van der Waals surface area (Å²) in [7, 11) is 0. The van der Waals surface area contributed by atoms with Gasteiger partial charge in [0.1, 0.15) is 0 Å². The Hall–Kier alpha value is -2.99. The van der Waals surface area contributed by atoms with Crippen LogP contribution in [0.1, 0.15) is 28.6 Å². The Morgan fingerprint density at radius 3 is 2.69 bits per heavy atom. The summed E-state index contributed by atoms with van der Waals surface area (Å²) in [6, 6.07) is 17.3. The number of benzene rings is 1. The average molecular weight is 406 g/mol. The van der Waals surface area contributed by atoms with Gasteiger partial charge in [-0.2, -0.15) is 0 Å². The van der Waals surface area contributed by atoms with Crippen molar-refractivity contribution in [2.75, 3.05) is 11.4 Å². The van der Waals surface area contributed by atoms with Crippen molar-refractivity contribution in [2.24, 2.45) is 5.92 Å². The van der Waals surface area contributed by atoms with Gasteiger partial charge >= 0.3 is 0 Å². The first-order valence-corrected chi connectivity index (χ1v) is 10.6. The van der Waals surface area contributed by atoms with Crippen LogP contribution in [0.3, 0.4) is 0 Å². The molecular weight excluding hydrogens is 382 g/mol. The molecule has 6 heteroatoms. The third kappa shape index (κ3) is 4.22. The van der Waals surface area contributed by atoms with Crippen LogP contribution in [0.25, 0.3) is 0 Å². The molecule has 0 unspecified atom stereocenters. The number of rotatable bonds is 6. The first-order valence-electron chi connectivity index (χ1n) is 9.73. The van der Waals surface area contributed by atoms with Gasteiger partial charge in [0.05, 0.1) is 12.0 Å². The maximum atomic E-state index is 13.0. The minimum Gasteiger partial charge on any atom is -0.355 e. The maximum Gasteiger partial charge on any atom is 0.228 e. The van der Waals surface area contributed by atoms with Crippen molar-refractivity contribution >= 4 is 28.8 Å². The number of aryl methyl sites for hydroxylation is 1. The van der Waals surface area contributed by atoms with Crippen molar-refractivity contribution in [3.05, 3.63) is 82.3 Å². The lowest BCUT2D eigenvalue weighted by Gasteiger charge is -2.27. The van der Waals surface area contributed by atoms with Gasteiger partial charge in [-0.25, -0.2) is 0 Å². The summed E-state index contributed by atoms with van der Waals surface area (Å²) < 4.78 is 0. The molecule has 148 valence electrons. The molecule has 1 aliphatic heterocycles. The number of hydrogen-bond acceptors (Lipinski definition) is 4. The third-order valence-corrected chi connectivity index (χ3v) is 6.16. The number of anilines is 1. The summed E-state index contributed by atoms with van der Waals surface area (Å²) in [6.45, 7) is 2.52. The number of aromatic nitrogens is 1. The predicted octanol–water partition coefficient (Wildman–Crippen LogP) is 3.90. The first-order chi connectivity index (χ1) is 14.1. The highest BCUT2D eigenvalue weighted by Crippen LogP contribution is 2.43. The zero-order valence-corrected chi connectivity index (χ0v) is 17.1. The fourth-order valence-electron chi connectivity index (χ4n) is 3.76. The number of nitrogens with zero attached hydrogens (tertiary/aromatic N) is 2. The first kappa shape index (κ1) is 19.3. The molecule has 0 saturated carbocycles. The molecular formula is C23H23N3O2S. The van der Waals surface area contributed by atoms with Crippen molar-refractivity contribution < 1.29 is 9.59 Å². The van der Waals surface area contributed by atoms with Crippen LogP contribution in [0.2, 0.25) is 0 Å². The van der Waals surface area contributed by atoms with Crippen LogP contribution >= 0.6 is 11.3 Å². The van der Waals surface area contributed by atoms with Crippen LogP contribution in [0, 0.1) is 12.8 Å². The molecule has 0 aliphatic carbocycles. The topological polar surface area (TPSA) is 62.3 Å². The van der Waals surface area contributed by atoms with Crippen LogP contribution in [0.5, 0.6) is 0 Å². The van der Waals surface area contributed by atoms with E-state index in [1.807, 2.05) is 66.9 Å². The molecule has 29 heavy (non-hydrogen) atoms. The van der Waals surface area contributed by atoms with Gasteiger partial charge in [0.2, 0.25) is 11.8 Å². The fourth-order valence-corrected chi connectivity index (χ4v) is 4.64. The number of pyridine rings is 1. The Bertz CT molecular complexity index is 971. The second kappa shape index (κ2) is 8.57. The third-order valence-electron chi connectivity index (χ3n) is 5.21. The lowest BCUT2D eigenvalue weighted by atomic mass is 9.97. The molecule has 2 amide bonds. The van der Waals surface area contributed by atoms with Crippen molar-refractivity contribution in [1.29, 1.82) is 0 Å². The van der Waals surface area contributed by atoms with Crippen LogP contribution in [-0.2, 0) is 16.0 Å². The summed E-state index contributed by atoms with van der Waals surface area (Å²) in [5.74, 6) is -0.509. The lowest BCUT2D eigenvalue weighted by Crippen LogP contribution is -2.36. The van der Waals surface area contributed by atoms with Gasteiger partial charge in [0.25, 0.3) is 0 Å². The Balaban J connectivity index is 1.53. The van der Waals surface area contributed by atoms with E-state index in [0.717, 1.165) is 21.8 Å². The molecule has 0 bridgehead atoms. The minimum absolute atomic E-state index is 0.0165. The summed E-state index contributed by atoms with van der Waals surface area (Å²) in [5.41, 5.74) is 2.91. The average Bonchev–Trinajstić information content (AvgIpc) is 3.37. The highest BCUT2D eigenvalue weighted by atomic mass is 32.1. The number of carbonyl (C=O) groups is 2. The quantitative estimate of drug-likeness (QED) is 0.676. The highest BCUT2D eigenvalue weighted by molar-refractivity contribution is 7.10. The number of nitrogens with one attached hydrogen (secondary N) is 1. The van der Waals surface area contributed by atoms with E-state index in [-0.39, 0.29) is 24.3 Å². The number of hydrogen-bond donors (Lipinski definition) is 1. The Morgan fingerprint density at radius 2 is 2.00 bits per heavy atom. The molecule has 2 aromatic heterocycles. The predicted molar refractivity (Wildman–Crippen MR) is 115 cm³/mol. The van der Waals surface area contributed by atoms with E-state index in [2.05, 4.69) is 10.3 Å². The van der Waals surface area contributed by atoms with Crippen LogP contribution in [0.4, 0.5) is 5.69 Å². The van der Waals surface area contributed by atoms with E-state index in [0.29, 0.717) is 13.0 Å². The van der Waals surface area contributed by atoms with Crippen LogP contribution in [0.15, 0.2) is 66.2 Å². The van der Waals surface area contributed by atoms with Crippen molar-refractivity contribution in [3.63, 3.8) is 0 Å². The Morgan fingerprint density at radius 1 is 1.17 bits per heavy atom. The van der Waals surface area contributed by atoms with Gasteiger partial charge in [-0.1, -0.05) is 29.8 Å². The zero-order valence-electron chi connectivity index (χ0n) is 16.2. The van der Waals surface area contributed by atoms with Crippen molar-refractivity contribution in [2.45, 2.75) is 25.8 Å². The normalized spacial score (nSPS) is 18.8. The SMILES string of the molecule is Cc1ccc(N2C(=O)C[C@@H](C(=O)NCCc3ccccn3)[C@H]2c2cccs2)cc1. The van der Waals surface area contributed by atoms with Gasteiger partial charge in [0.15, 0.2) is 0 Å². The van der Waals surface area contributed by atoms with Crippen molar-refractivity contribution in [1.82, 2.24) is 10.3 Å². The summed E-state index contributed by atoms with van der Waals surface area (Å²) >= 11 is 1.58. The molecule has 3 heterocycles. The summed E-state index contributed by atoms with van der Waals surface area (Å²) in [5, 5.41) is 5.00. The zero-order chi connectivity index (χ0) is 20.2. The monoisotopic (exact) mass is 405 g/mol. The van der Waals surface area contributed by atoms with Gasteiger partial charge in [-0.05, 0) is 42.6 Å². The fraction of sp³-hybridized carbons (Fsp3) is 0.261. The minimum atomic E-state index is -0.411. The molecule has 1 aromatic carbocycles. The number of carbonyl (C=O) groups excluding carboxylic acids is 2. The summed E-state index contributed by atoms with van der Waals surface area (Å²) in [6.07, 6.45) is 2.63. The number of thiophene rings is 1. The second-order valence-electron chi connectivity index (χ2n) is 7.23. The summed E-state index contributed by atoms with van der Waals surface area (Å²) in [4.78, 5) is 33.0. The molecule has 2 atom stereocenters. The van der Waals surface area contributed by atoms with E-state index in [4.69, 9.17) is 0 Å². The lowest BCUT2D eigenvalue weighted by molar-refractivity contribution is -0.126. The van der Waals surface area contributed by atoms with E-state index < -0.39 is 5.92 Å². The largest absolute Gasteiger partial charge is 0.355 e. The molecule has 1 aliphatic rings.